The van der Waals surface area contributed by atoms with Crippen LogP contribution >= 0.6 is 0 Å². The number of rotatable bonds is 6. The molecule has 1 heterocycles. The van der Waals surface area contributed by atoms with E-state index in [2.05, 4.69) is 39.8 Å². The number of unbranched alkanes of at least 4 members (excludes halogenated alkanes) is 4. The molecule has 2 heteroatoms. The molecule has 0 fully saturated rings. The van der Waals surface area contributed by atoms with Gasteiger partial charge < -0.3 is 9.84 Å². The van der Waals surface area contributed by atoms with Crippen LogP contribution < -0.4 is 4.74 Å². The van der Waals surface area contributed by atoms with Crippen LogP contribution in [0.5, 0.6) is 11.5 Å². The molecule has 0 unspecified atom stereocenters. The van der Waals surface area contributed by atoms with Gasteiger partial charge in [-0.25, -0.2) is 0 Å². The van der Waals surface area contributed by atoms with Gasteiger partial charge in [-0.05, 0) is 64.2 Å². The summed E-state index contributed by atoms with van der Waals surface area (Å²) in [7, 11) is 0. The van der Waals surface area contributed by atoms with Crippen molar-refractivity contribution in [2.24, 2.45) is 5.92 Å². The molecule has 0 spiro atoms. The average Bonchev–Trinajstić information content (AvgIpc) is 2.53. The summed E-state index contributed by atoms with van der Waals surface area (Å²) in [6.45, 7) is 8.86. The number of fused-ring (bicyclic) bond motifs is 3. The van der Waals surface area contributed by atoms with Crippen LogP contribution in [0, 0.1) is 5.92 Å². The van der Waals surface area contributed by atoms with Gasteiger partial charge in [-0.15, -0.1) is 0 Å². The van der Waals surface area contributed by atoms with Gasteiger partial charge in [-0.1, -0.05) is 44.3 Å². The van der Waals surface area contributed by atoms with Crippen molar-refractivity contribution in [3.63, 3.8) is 0 Å². The van der Waals surface area contributed by atoms with Crippen LogP contribution in [0.1, 0.15) is 89.7 Å². The van der Waals surface area contributed by atoms with Crippen molar-refractivity contribution >= 4 is 0 Å². The van der Waals surface area contributed by atoms with Gasteiger partial charge in [0.2, 0.25) is 0 Å². The van der Waals surface area contributed by atoms with Gasteiger partial charge in [0.15, 0.2) is 0 Å². The zero-order chi connectivity index (χ0) is 18.0. The number of allylic oxidation sites excluding steroid dienone is 2. The average molecular weight is 343 g/mol. The molecule has 1 aliphatic heterocycles. The third-order valence-electron chi connectivity index (χ3n) is 6.10. The zero-order valence-electron chi connectivity index (χ0n) is 16.4. The number of ether oxygens (including phenoxy) is 1. The lowest BCUT2D eigenvalue weighted by Crippen LogP contribution is -2.45. The lowest BCUT2D eigenvalue weighted by molar-refractivity contribution is 0.0107. The second-order valence-electron chi connectivity index (χ2n) is 8.58. The molecule has 1 aromatic rings. The molecule has 3 rings (SSSR count). The van der Waals surface area contributed by atoms with E-state index >= 15 is 0 Å². The van der Waals surface area contributed by atoms with Gasteiger partial charge in [0, 0.05) is 17.4 Å². The number of aromatic hydroxyl groups is 1. The number of phenolic OH excluding ortho intramolecular Hbond substituents is 1. The maximum Gasteiger partial charge on any atom is 0.127 e. The first-order valence-electron chi connectivity index (χ1n) is 10.1. The fourth-order valence-corrected chi connectivity index (χ4v) is 4.66. The zero-order valence-corrected chi connectivity index (χ0v) is 16.4. The summed E-state index contributed by atoms with van der Waals surface area (Å²) < 4.78 is 6.40. The Morgan fingerprint density at radius 2 is 1.92 bits per heavy atom. The number of aryl methyl sites for hydroxylation is 1. The lowest BCUT2D eigenvalue weighted by atomic mass is 9.68. The van der Waals surface area contributed by atoms with Crippen molar-refractivity contribution in [1.82, 2.24) is 0 Å². The van der Waals surface area contributed by atoms with E-state index in [1.807, 2.05) is 6.07 Å². The van der Waals surface area contributed by atoms with E-state index in [9.17, 15) is 5.11 Å². The fourth-order valence-electron chi connectivity index (χ4n) is 4.66. The van der Waals surface area contributed by atoms with E-state index in [1.165, 1.54) is 43.2 Å². The van der Waals surface area contributed by atoms with Crippen LogP contribution in [0.15, 0.2) is 23.8 Å². The monoisotopic (exact) mass is 342 g/mol. The summed E-state index contributed by atoms with van der Waals surface area (Å²) in [6, 6.07) is 4.17. The molecule has 2 aliphatic rings. The largest absolute Gasteiger partial charge is 0.507 e. The van der Waals surface area contributed by atoms with Crippen molar-refractivity contribution in [2.75, 3.05) is 0 Å². The minimum absolute atomic E-state index is 0.180. The van der Waals surface area contributed by atoms with Crippen molar-refractivity contribution in [1.29, 1.82) is 0 Å². The molecule has 1 aromatic carbocycles. The molecule has 0 amide bonds. The van der Waals surface area contributed by atoms with E-state index in [0.29, 0.717) is 11.7 Å². The topological polar surface area (TPSA) is 29.5 Å². The minimum atomic E-state index is -0.180. The number of phenols is 1. The third kappa shape index (κ3) is 3.88. The lowest BCUT2D eigenvalue weighted by Gasteiger charge is -2.46. The van der Waals surface area contributed by atoms with Crippen molar-refractivity contribution in [2.45, 2.75) is 90.6 Å². The van der Waals surface area contributed by atoms with Crippen LogP contribution in [-0.4, -0.2) is 10.7 Å². The Labute approximate surface area is 153 Å². The Morgan fingerprint density at radius 1 is 1.16 bits per heavy atom. The van der Waals surface area contributed by atoms with E-state index in [4.69, 9.17) is 4.74 Å². The minimum Gasteiger partial charge on any atom is -0.507 e. The molecule has 0 radical (unpaired) electrons. The van der Waals surface area contributed by atoms with E-state index < -0.39 is 0 Å². The molecule has 2 atom stereocenters. The molecule has 0 saturated carbocycles. The maximum atomic E-state index is 10.8. The van der Waals surface area contributed by atoms with Gasteiger partial charge in [0.1, 0.15) is 17.1 Å². The van der Waals surface area contributed by atoms with Crippen molar-refractivity contribution < 1.29 is 9.84 Å². The first-order chi connectivity index (χ1) is 11.9. The Hall–Kier alpha value is -1.44. The number of hydrogen-bond donors (Lipinski definition) is 1. The predicted octanol–water partition coefficient (Wildman–Crippen LogP) is 6.52. The van der Waals surface area contributed by atoms with E-state index in [1.54, 1.807) is 0 Å². The summed E-state index contributed by atoms with van der Waals surface area (Å²) in [5, 5.41) is 10.8. The first kappa shape index (κ1) is 18.4. The molecule has 1 aliphatic carbocycles. The molecule has 0 aromatic heterocycles. The highest BCUT2D eigenvalue weighted by Crippen LogP contribution is 2.53. The number of hydrogen-bond acceptors (Lipinski definition) is 2. The van der Waals surface area contributed by atoms with Crippen molar-refractivity contribution in [3.8, 4) is 11.5 Å². The SMILES string of the molecule is CCCCCCCc1cc(O)c2c(c1)OC(C)(C)[C@H]1CCC(C)=C[C@H]21. The van der Waals surface area contributed by atoms with Gasteiger partial charge >= 0.3 is 0 Å². The molecule has 0 bridgehead atoms. The molecule has 2 nitrogen and oxygen atoms in total. The highest BCUT2D eigenvalue weighted by atomic mass is 16.5. The summed E-state index contributed by atoms with van der Waals surface area (Å²) in [4.78, 5) is 0. The van der Waals surface area contributed by atoms with E-state index in [0.717, 1.165) is 30.6 Å². The Kier molecular flexibility index (Phi) is 5.46. The Morgan fingerprint density at radius 3 is 2.68 bits per heavy atom. The highest BCUT2D eigenvalue weighted by molar-refractivity contribution is 5.53. The Bertz CT molecular complexity index is 642. The summed E-state index contributed by atoms with van der Waals surface area (Å²) in [5.74, 6) is 2.05. The van der Waals surface area contributed by atoms with Crippen LogP contribution in [0.25, 0.3) is 0 Å². The smallest absolute Gasteiger partial charge is 0.127 e. The van der Waals surface area contributed by atoms with Crippen LogP contribution in [0.4, 0.5) is 0 Å². The first-order valence-corrected chi connectivity index (χ1v) is 10.1. The van der Waals surface area contributed by atoms with Gasteiger partial charge in [0.25, 0.3) is 0 Å². The van der Waals surface area contributed by atoms with Gasteiger partial charge in [-0.3, -0.25) is 0 Å². The summed E-state index contributed by atoms with van der Waals surface area (Å²) in [6.07, 6.45) is 12.0. The number of benzene rings is 1. The van der Waals surface area contributed by atoms with Gasteiger partial charge in [-0.2, -0.15) is 0 Å². The third-order valence-corrected chi connectivity index (χ3v) is 6.10. The second-order valence-corrected chi connectivity index (χ2v) is 8.58. The second kappa shape index (κ2) is 7.43. The summed E-state index contributed by atoms with van der Waals surface area (Å²) >= 11 is 0. The normalized spacial score (nSPS) is 24.1. The van der Waals surface area contributed by atoms with Crippen LogP contribution in [0.3, 0.4) is 0 Å². The maximum absolute atomic E-state index is 10.8. The standard InChI is InChI=1S/C23H34O2/c1-5-6-7-8-9-10-17-14-20(24)22-18-13-16(2)11-12-19(18)23(3,4)25-21(22)15-17/h13-15,18-19,24H,5-12H2,1-4H3/t18-,19-/m0/s1. The highest BCUT2D eigenvalue weighted by Gasteiger charge is 2.45. The van der Waals surface area contributed by atoms with Crippen LogP contribution in [-0.2, 0) is 6.42 Å². The summed E-state index contributed by atoms with van der Waals surface area (Å²) in [5.41, 5.74) is 3.47. The van der Waals surface area contributed by atoms with E-state index in [-0.39, 0.29) is 11.5 Å². The molecular formula is C23H34O2. The molecule has 0 saturated heterocycles. The molecule has 138 valence electrons. The molecule has 25 heavy (non-hydrogen) atoms. The van der Waals surface area contributed by atoms with Gasteiger partial charge in [0.05, 0.1) is 0 Å². The molecular weight excluding hydrogens is 308 g/mol. The molecule has 1 N–H and O–H groups in total. The quantitative estimate of drug-likeness (QED) is 0.471. The van der Waals surface area contributed by atoms with Crippen molar-refractivity contribution in [3.05, 3.63) is 34.9 Å². The Balaban J connectivity index is 1.84. The predicted molar refractivity (Wildman–Crippen MR) is 104 cm³/mol. The van der Waals surface area contributed by atoms with Crippen LogP contribution in [0.2, 0.25) is 0 Å². The fraction of sp³-hybridized carbons (Fsp3) is 0.652.